The Kier molecular flexibility index (Phi) is 1.35. The van der Waals surface area contributed by atoms with Gasteiger partial charge in [0.15, 0.2) is 23.4 Å². The highest BCUT2D eigenvalue weighted by Crippen LogP contribution is 2.62. The molecule has 1 saturated heterocycles. The van der Waals surface area contributed by atoms with Crippen LogP contribution in [-0.4, -0.2) is 43.4 Å². The lowest BCUT2D eigenvalue weighted by molar-refractivity contribution is -0.138. The van der Waals surface area contributed by atoms with Crippen molar-refractivity contribution in [2.24, 2.45) is 5.92 Å². The SMILES string of the molecule is [2H]C([2H])([2H])Oc1ccc2c3c1OC1C(=O)C([2H])([2H])C[C@H]4[C@@H](C2)N(C([2H])([2H])[2H])CC[C@]314. The second-order valence-corrected chi connectivity index (χ2v) is 6.63. The average molecular weight is 307 g/mol. The van der Waals surface area contributed by atoms with Gasteiger partial charge in [-0.3, -0.25) is 4.79 Å². The van der Waals surface area contributed by atoms with Crippen LogP contribution in [0.2, 0.25) is 0 Å². The minimum Gasteiger partial charge on any atom is -0.493 e. The molecule has 0 radical (unpaired) electrons. The van der Waals surface area contributed by atoms with Gasteiger partial charge in [-0.15, -0.1) is 0 Å². The van der Waals surface area contributed by atoms with Gasteiger partial charge in [0.1, 0.15) is 0 Å². The number of benzene rings is 1. The second kappa shape index (κ2) is 4.05. The highest BCUT2D eigenvalue weighted by atomic mass is 16.5. The molecule has 116 valence electrons. The summed E-state index contributed by atoms with van der Waals surface area (Å²) in [5.41, 5.74) is 0.631. The fourth-order valence-corrected chi connectivity index (χ4v) is 5.08. The van der Waals surface area contributed by atoms with Crippen LogP contribution in [0, 0.1) is 5.92 Å². The maximum Gasteiger partial charge on any atom is 0.174 e. The number of piperidine rings is 1. The van der Waals surface area contributed by atoms with Crippen LogP contribution in [-0.2, 0) is 16.6 Å². The molecule has 1 aromatic carbocycles. The van der Waals surface area contributed by atoms with Crippen molar-refractivity contribution in [2.45, 2.75) is 43.2 Å². The van der Waals surface area contributed by atoms with Crippen molar-refractivity contribution in [3.63, 3.8) is 0 Å². The Hall–Kier alpha value is -1.55. The molecule has 4 heteroatoms. The van der Waals surface area contributed by atoms with Crippen molar-refractivity contribution in [1.29, 1.82) is 0 Å². The zero-order valence-electron chi connectivity index (χ0n) is 19.9. The molecule has 2 fully saturated rings. The fraction of sp³-hybridized carbons (Fsp3) is 0.611. The van der Waals surface area contributed by atoms with Gasteiger partial charge in [-0.05, 0) is 50.3 Å². The predicted octanol–water partition coefficient (Wildman–Crippen LogP) is 1.93. The van der Waals surface area contributed by atoms with Gasteiger partial charge in [0, 0.05) is 30.2 Å². The molecule has 4 atom stereocenters. The number of carbonyl (C=O) groups excluding carboxylic acids is 1. The molecule has 1 spiro atoms. The number of carbonyl (C=O) groups is 1. The maximum absolute atomic E-state index is 13.1. The van der Waals surface area contributed by atoms with Gasteiger partial charge in [0.2, 0.25) is 0 Å². The van der Waals surface area contributed by atoms with E-state index in [0.29, 0.717) is 18.4 Å². The summed E-state index contributed by atoms with van der Waals surface area (Å²) >= 11 is 0. The maximum atomic E-state index is 13.1. The summed E-state index contributed by atoms with van der Waals surface area (Å²) in [7, 11) is -2.71. The van der Waals surface area contributed by atoms with Crippen molar-refractivity contribution in [2.75, 3.05) is 20.6 Å². The summed E-state index contributed by atoms with van der Waals surface area (Å²) in [4.78, 5) is 14.5. The van der Waals surface area contributed by atoms with Gasteiger partial charge < -0.3 is 14.4 Å². The smallest absolute Gasteiger partial charge is 0.174 e. The molecule has 1 unspecified atom stereocenters. The lowest BCUT2D eigenvalue weighted by Crippen LogP contribution is -2.65. The fourth-order valence-electron chi connectivity index (χ4n) is 5.08. The number of likely N-dealkylation sites (tertiary alicyclic amines) is 1. The highest BCUT2D eigenvalue weighted by Gasteiger charge is 2.65. The Morgan fingerprint density at radius 3 is 3.36 bits per heavy atom. The molecular formula is C18H21NO3. The first-order chi connectivity index (χ1) is 13.8. The summed E-state index contributed by atoms with van der Waals surface area (Å²) in [5.74, 6) is -0.934. The molecule has 1 aromatic rings. The largest absolute Gasteiger partial charge is 0.493 e. The third-order valence-electron chi connectivity index (χ3n) is 5.94. The Labute approximate surface area is 141 Å². The van der Waals surface area contributed by atoms with Crippen molar-refractivity contribution < 1.29 is 25.2 Å². The molecule has 2 aliphatic heterocycles. The molecular weight excluding hydrogens is 278 g/mol. The second-order valence-electron chi connectivity index (χ2n) is 6.63. The van der Waals surface area contributed by atoms with E-state index in [1.54, 1.807) is 6.07 Å². The Bertz CT molecular complexity index is 943. The van der Waals surface area contributed by atoms with Gasteiger partial charge in [0.05, 0.1) is 11.2 Å². The van der Waals surface area contributed by atoms with E-state index >= 15 is 0 Å². The summed E-state index contributed by atoms with van der Waals surface area (Å²) in [6, 6.07) is 2.73. The Morgan fingerprint density at radius 1 is 1.55 bits per heavy atom. The monoisotopic (exact) mass is 307 g/mol. The first-order valence-electron chi connectivity index (χ1n) is 11.6. The van der Waals surface area contributed by atoms with Gasteiger partial charge >= 0.3 is 0 Å². The van der Waals surface area contributed by atoms with Gasteiger partial charge in [-0.1, -0.05) is 6.07 Å². The van der Waals surface area contributed by atoms with Gasteiger partial charge in [-0.25, -0.2) is 0 Å². The zero-order valence-corrected chi connectivity index (χ0v) is 11.9. The Balaban J connectivity index is 1.72. The van der Waals surface area contributed by atoms with Crippen LogP contribution in [0.4, 0.5) is 0 Å². The van der Waals surface area contributed by atoms with Crippen LogP contribution < -0.4 is 9.47 Å². The standard InChI is InChI=1S/C18H21NO3/c1-19-8-7-18-11-4-5-13(20)17(18)22-16-14(21-2)6-3-10(15(16)18)9-12(11)19/h3,6,11-12,17H,4-5,7-9H2,1-2H3/t11-,12+,17?,18-/m0/s1/i1D3,2D3,5D2. The number of ether oxygens (including phenoxy) is 2. The summed E-state index contributed by atoms with van der Waals surface area (Å²) in [5, 5.41) is 0. The van der Waals surface area contributed by atoms with Crippen LogP contribution in [0.5, 0.6) is 11.5 Å². The van der Waals surface area contributed by atoms with E-state index in [1.807, 2.05) is 0 Å². The van der Waals surface area contributed by atoms with Crippen LogP contribution >= 0.6 is 0 Å². The third-order valence-corrected chi connectivity index (χ3v) is 5.94. The van der Waals surface area contributed by atoms with Crippen LogP contribution in [0.15, 0.2) is 12.1 Å². The van der Waals surface area contributed by atoms with E-state index in [9.17, 15) is 4.79 Å². The quantitative estimate of drug-likeness (QED) is 0.795. The number of likely N-dealkylation sites (N-methyl/N-ethyl adjacent to an activating group) is 1. The first-order valence-corrected chi connectivity index (χ1v) is 7.59. The van der Waals surface area contributed by atoms with Crippen molar-refractivity contribution in [3.8, 4) is 11.5 Å². The van der Waals surface area contributed by atoms with E-state index in [1.165, 1.54) is 11.0 Å². The van der Waals surface area contributed by atoms with Crippen LogP contribution in [0.1, 0.15) is 41.3 Å². The number of hydrogen-bond acceptors (Lipinski definition) is 4. The van der Waals surface area contributed by atoms with Crippen molar-refractivity contribution in [3.05, 3.63) is 23.3 Å². The molecule has 2 aliphatic carbocycles. The minimum atomic E-state index is -2.71. The zero-order chi connectivity index (χ0) is 21.9. The number of ketones is 1. The molecule has 22 heavy (non-hydrogen) atoms. The molecule has 0 aromatic heterocycles. The van der Waals surface area contributed by atoms with E-state index in [2.05, 4.69) is 0 Å². The minimum absolute atomic E-state index is 0.00124. The molecule has 2 heterocycles. The third kappa shape index (κ3) is 1.27. The number of rotatable bonds is 1. The lowest BCUT2D eigenvalue weighted by Gasteiger charge is -2.57. The number of nitrogens with zero attached hydrogens (tertiary/aromatic N) is 1. The lowest BCUT2D eigenvalue weighted by atomic mass is 9.52. The summed E-state index contributed by atoms with van der Waals surface area (Å²) < 4.78 is 73.9. The van der Waals surface area contributed by atoms with E-state index < -0.39 is 49.6 Å². The van der Waals surface area contributed by atoms with Gasteiger partial charge in [-0.2, -0.15) is 0 Å². The molecule has 2 bridgehead atoms. The normalized spacial score (nSPS) is 47.3. The predicted molar refractivity (Wildman–Crippen MR) is 81.6 cm³/mol. The molecule has 4 aliphatic rings. The summed E-state index contributed by atoms with van der Waals surface area (Å²) in [6.45, 7) is -2.11. The first kappa shape index (κ1) is 7.35. The Morgan fingerprint density at radius 2 is 2.50 bits per heavy atom. The van der Waals surface area contributed by atoms with E-state index in [4.69, 9.17) is 20.4 Å². The van der Waals surface area contributed by atoms with Crippen LogP contribution in [0.3, 0.4) is 0 Å². The topological polar surface area (TPSA) is 38.8 Å². The molecule has 0 N–H and O–H groups in total. The van der Waals surface area contributed by atoms with Crippen molar-refractivity contribution in [1.82, 2.24) is 4.90 Å². The van der Waals surface area contributed by atoms with Crippen molar-refractivity contribution >= 4 is 5.78 Å². The number of methoxy groups -OCH3 is 1. The molecule has 4 nitrogen and oxygen atoms in total. The summed E-state index contributed by atoms with van der Waals surface area (Å²) in [6.07, 6.45) is -2.69. The van der Waals surface area contributed by atoms with E-state index in [0.717, 1.165) is 5.56 Å². The highest BCUT2D eigenvalue weighted by molar-refractivity contribution is 5.89. The molecule has 1 saturated carbocycles. The molecule has 0 amide bonds. The van der Waals surface area contributed by atoms with Crippen LogP contribution in [0.25, 0.3) is 0 Å². The van der Waals surface area contributed by atoms with E-state index in [-0.39, 0.29) is 24.5 Å². The molecule has 5 rings (SSSR count). The average Bonchev–Trinajstić information content (AvgIpc) is 2.92. The number of hydrogen-bond donors (Lipinski definition) is 0. The number of Topliss-reactive ketones (excluding diaryl/α,β-unsaturated/α-hetero) is 1. The van der Waals surface area contributed by atoms with Gasteiger partial charge in [0.25, 0.3) is 0 Å².